The van der Waals surface area contributed by atoms with Crippen molar-refractivity contribution < 1.29 is 18.3 Å². The van der Waals surface area contributed by atoms with E-state index in [4.69, 9.17) is 9.84 Å². The van der Waals surface area contributed by atoms with E-state index in [1.54, 1.807) is 18.2 Å². The highest BCUT2D eigenvalue weighted by atomic mass is 32.2. The molecule has 0 aliphatic heterocycles. The van der Waals surface area contributed by atoms with Crippen LogP contribution in [0, 0.1) is 0 Å². The van der Waals surface area contributed by atoms with E-state index in [9.17, 15) is 8.42 Å². The Morgan fingerprint density at radius 1 is 1.29 bits per heavy atom. The van der Waals surface area contributed by atoms with Crippen LogP contribution in [0.25, 0.3) is 0 Å². The fourth-order valence-electron chi connectivity index (χ4n) is 2.17. The molecule has 1 N–H and O–H groups in total. The Labute approximate surface area is 127 Å². The summed E-state index contributed by atoms with van der Waals surface area (Å²) in [6.45, 7) is 4.72. The average molecular weight is 315 g/mol. The zero-order valence-electron chi connectivity index (χ0n) is 13.0. The van der Waals surface area contributed by atoms with Crippen LogP contribution in [0.5, 0.6) is 5.75 Å². The first kappa shape index (κ1) is 17.9. The summed E-state index contributed by atoms with van der Waals surface area (Å²) in [6.07, 6.45) is 2.06. The van der Waals surface area contributed by atoms with Gasteiger partial charge in [-0.05, 0) is 36.6 Å². The lowest BCUT2D eigenvalue weighted by molar-refractivity contribution is 0.298. The predicted molar refractivity (Wildman–Crippen MR) is 83.1 cm³/mol. The van der Waals surface area contributed by atoms with E-state index in [-0.39, 0.29) is 17.9 Å². The second-order valence-corrected chi connectivity index (χ2v) is 6.70. The summed E-state index contributed by atoms with van der Waals surface area (Å²) in [5.74, 6) is 0.592. The monoisotopic (exact) mass is 315 g/mol. The number of nitrogens with zero attached hydrogens (tertiary/aromatic N) is 1. The smallest absolute Gasteiger partial charge is 0.243 e. The Balaban J connectivity index is 3.22. The van der Waals surface area contributed by atoms with Gasteiger partial charge in [-0.3, -0.25) is 0 Å². The van der Waals surface area contributed by atoms with Gasteiger partial charge in [0.25, 0.3) is 0 Å². The molecule has 0 bridgehead atoms. The van der Waals surface area contributed by atoms with E-state index in [0.717, 1.165) is 12.8 Å². The van der Waals surface area contributed by atoms with Crippen LogP contribution in [0.3, 0.4) is 0 Å². The molecule has 0 fully saturated rings. The second kappa shape index (κ2) is 8.36. The lowest BCUT2D eigenvalue weighted by Gasteiger charge is -2.22. The van der Waals surface area contributed by atoms with E-state index >= 15 is 0 Å². The van der Waals surface area contributed by atoms with Gasteiger partial charge < -0.3 is 9.84 Å². The standard InChI is InChI=1S/C15H25NO4S/c1-4-6-10-16(5-2)21(18,19)15-8-7-14(20-3)12-13(15)9-11-17/h7-8,12,17H,4-6,9-11H2,1-3H3. The lowest BCUT2D eigenvalue weighted by atomic mass is 10.1. The first-order valence-electron chi connectivity index (χ1n) is 7.29. The topological polar surface area (TPSA) is 66.8 Å². The molecular weight excluding hydrogens is 290 g/mol. The average Bonchev–Trinajstić information content (AvgIpc) is 2.47. The van der Waals surface area contributed by atoms with Gasteiger partial charge >= 0.3 is 0 Å². The van der Waals surface area contributed by atoms with Gasteiger partial charge in [-0.1, -0.05) is 20.3 Å². The molecule has 0 saturated heterocycles. The number of aliphatic hydroxyl groups is 1. The number of aliphatic hydroxyl groups excluding tert-OH is 1. The molecule has 0 saturated carbocycles. The van der Waals surface area contributed by atoms with Gasteiger partial charge in [0, 0.05) is 19.7 Å². The lowest BCUT2D eigenvalue weighted by Crippen LogP contribution is -2.32. The molecule has 0 atom stereocenters. The molecule has 120 valence electrons. The first-order valence-corrected chi connectivity index (χ1v) is 8.73. The first-order chi connectivity index (χ1) is 10.0. The summed E-state index contributed by atoms with van der Waals surface area (Å²) in [5, 5.41) is 9.16. The van der Waals surface area contributed by atoms with Gasteiger partial charge in [0.1, 0.15) is 5.75 Å². The molecule has 0 amide bonds. The number of benzene rings is 1. The fraction of sp³-hybridized carbons (Fsp3) is 0.600. The summed E-state index contributed by atoms with van der Waals surface area (Å²) in [5.41, 5.74) is 0.590. The van der Waals surface area contributed by atoms with Gasteiger partial charge in [-0.2, -0.15) is 4.31 Å². The normalized spacial score (nSPS) is 11.9. The second-order valence-electron chi connectivity index (χ2n) is 4.80. The number of rotatable bonds is 9. The zero-order chi connectivity index (χ0) is 15.9. The molecule has 0 heterocycles. The van der Waals surface area contributed by atoms with Crippen molar-refractivity contribution in [3.8, 4) is 5.75 Å². The van der Waals surface area contributed by atoms with Crippen molar-refractivity contribution in [2.45, 2.75) is 38.0 Å². The Hall–Kier alpha value is -1.11. The quantitative estimate of drug-likeness (QED) is 0.757. The van der Waals surface area contributed by atoms with Gasteiger partial charge in [0.15, 0.2) is 0 Å². The number of unbranched alkanes of at least 4 members (excludes halogenated alkanes) is 1. The highest BCUT2D eigenvalue weighted by Gasteiger charge is 2.25. The van der Waals surface area contributed by atoms with Crippen LogP contribution in [-0.2, 0) is 16.4 Å². The number of hydrogen-bond acceptors (Lipinski definition) is 4. The van der Waals surface area contributed by atoms with Crippen molar-refractivity contribution in [1.29, 1.82) is 0 Å². The molecular formula is C15H25NO4S. The summed E-state index contributed by atoms with van der Waals surface area (Å²) < 4.78 is 32.2. The van der Waals surface area contributed by atoms with Crippen molar-refractivity contribution >= 4 is 10.0 Å². The minimum absolute atomic E-state index is 0.100. The summed E-state index contributed by atoms with van der Waals surface area (Å²) >= 11 is 0. The highest BCUT2D eigenvalue weighted by molar-refractivity contribution is 7.89. The van der Waals surface area contributed by atoms with Crippen molar-refractivity contribution in [3.63, 3.8) is 0 Å². The van der Waals surface area contributed by atoms with Crippen molar-refractivity contribution in [3.05, 3.63) is 23.8 Å². The third kappa shape index (κ3) is 4.43. The maximum absolute atomic E-state index is 12.8. The molecule has 0 aliphatic rings. The summed E-state index contributed by atoms with van der Waals surface area (Å²) in [7, 11) is -2.00. The molecule has 0 radical (unpaired) electrons. The molecule has 5 nitrogen and oxygen atoms in total. The molecule has 0 spiro atoms. The summed E-state index contributed by atoms with van der Waals surface area (Å²) in [4.78, 5) is 0.260. The van der Waals surface area contributed by atoms with Gasteiger partial charge in [0.05, 0.1) is 12.0 Å². The number of ether oxygens (including phenoxy) is 1. The molecule has 0 aliphatic carbocycles. The Kier molecular flexibility index (Phi) is 7.14. The van der Waals surface area contributed by atoms with Crippen LogP contribution in [0.1, 0.15) is 32.3 Å². The highest BCUT2D eigenvalue weighted by Crippen LogP contribution is 2.25. The third-order valence-electron chi connectivity index (χ3n) is 3.38. The van der Waals surface area contributed by atoms with Crippen molar-refractivity contribution in [2.24, 2.45) is 0 Å². The molecule has 1 aromatic carbocycles. The van der Waals surface area contributed by atoms with Crippen LogP contribution >= 0.6 is 0 Å². The minimum Gasteiger partial charge on any atom is -0.497 e. The fourth-order valence-corrected chi connectivity index (χ4v) is 3.89. The Morgan fingerprint density at radius 3 is 2.52 bits per heavy atom. The molecule has 0 aromatic heterocycles. The van der Waals surface area contributed by atoms with Gasteiger partial charge in [-0.15, -0.1) is 0 Å². The molecule has 1 rings (SSSR count). The van der Waals surface area contributed by atoms with Crippen LogP contribution < -0.4 is 4.74 Å². The molecule has 6 heteroatoms. The van der Waals surface area contributed by atoms with Crippen LogP contribution in [0.4, 0.5) is 0 Å². The van der Waals surface area contributed by atoms with E-state index in [2.05, 4.69) is 0 Å². The van der Waals surface area contributed by atoms with Gasteiger partial charge in [0.2, 0.25) is 10.0 Å². The van der Waals surface area contributed by atoms with Crippen LogP contribution in [0.2, 0.25) is 0 Å². The van der Waals surface area contributed by atoms with Crippen LogP contribution in [-0.4, -0.2) is 44.6 Å². The summed E-state index contributed by atoms with van der Waals surface area (Å²) in [6, 6.07) is 4.88. The minimum atomic E-state index is -3.53. The Bertz CT molecular complexity index is 543. The predicted octanol–water partition coefficient (Wildman–Crippen LogP) is 2.04. The zero-order valence-corrected chi connectivity index (χ0v) is 13.8. The van der Waals surface area contributed by atoms with Crippen molar-refractivity contribution in [2.75, 3.05) is 26.8 Å². The van der Waals surface area contributed by atoms with Crippen LogP contribution in [0.15, 0.2) is 23.1 Å². The Morgan fingerprint density at radius 2 is 2.00 bits per heavy atom. The number of sulfonamides is 1. The van der Waals surface area contributed by atoms with E-state index < -0.39 is 10.0 Å². The number of hydrogen-bond donors (Lipinski definition) is 1. The molecule has 21 heavy (non-hydrogen) atoms. The van der Waals surface area contributed by atoms with E-state index in [1.807, 2.05) is 13.8 Å². The maximum atomic E-state index is 12.8. The largest absolute Gasteiger partial charge is 0.497 e. The number of methoxy groups -OCH3 is 1. The van der Waals surface area contributed by atoms with Gasteiger partial charge in [-0.25, -0.2) is 8.42 Å². The SMILES string of the molecule is CCCCN(CC)S(=O)(=O)c1ccc(OC)cc1CCO. The van der Waals surface area contributed by atoms with E-state index in [0.29, 0.717) is 24.4 Å². The van der Waals surface area contributed by atoms with E-state index in [1.165, 1.54) is 11.4 Å². The van der Waals surface area contributed by atoms with Crippen molar-refractivity contribution in [1.82, 2.24) is 4.31 Å². The maximum Gasteiger partial charge on any atom is 0.243 e. The molecule has 1 aromatic rings. The molecule has 0 unspecified atom stereocenters. The third-order valence-corrected chi connectivity index (χ3v) is 5.46.